The normalized spacial score (nSPS) is 10.3. The number of anilines is 2. The monoisotopic (exact) mass is 433 g/mol. The Morgan fingerprint density at radius 3 is 2.32 bits per heavy atom. The molecule has 1 aromatic heterocycles. The molecule has 2 rings (SSSR count). The van der Waals surface area contributed by atoms with Gasteiger partial charge in [-0.1, -0.05) is 33.8 Å². The van der Waals surface area contributed by atoms with Crippen LogP contribution in [0.2, 0.25) is 0 Å². The fraction of sp³-hybridized carbons (Fsp3) is 0.429. The minimum atomic E-state index is -0.613. The number of nitrogens with two attached hydrogens (primary N) is 3. The van der Waals surface area contributed by atoms with Crippen molar-refractivity contribution in [3.63, 3.8) is 0 Å². The number of aryl methyl sites for hydroxylation is 2. The van der Waals surface area contributed by atoms with Gasteiger partial charge in [0.1, 0.15) is 17.3 Å². The number of aromatic nitrogens is 2. The van der Waals surface area contributed by atoms with Gasteiger partial charge in [0.15, 0.2) is 17.5 Å². The quantitative estimate of drug-likeness (QED) is 0.228. The smallest absolute Gasteiger partial charge is 0.280 e. The molecule has 0 fully saturated rings. The van der Waals surface area contributed by atoms with Crippen LogP contribution in [0.1, 0.15) is 62.3 Å². The number of rotatable bonds is 6. The summed E-state index contributed by atoms with van der Waals surface area (Å²) in [4.78, 5) is 24.1. The van der Waals surface area contributed by atoms with E-state index in [9.17, 15) is 15.0 Å². The fourth-order valence-corrected chi connectivity index (χ4v) is 2.32. The number of phenols is 2. The highest BCUT2D eigenvalue weighted by atomic mass is 16.3. The molecule has 9 N–H and O–H groups in total. The molecule has 0 aliphatic heterocycles. The number of aliphatic imine (C=N–C) groups is 1. The maximum absolute atomic E-state index is 12.1. The highest BCUT2D eigenvalue weighted by Crippen LogP contribution is 2.23. The first kappa shape index (κ1) is 27.4. The lowest BCUT2D eigenvalue weighted by Crippen LogP contribution is -2.38. The van der Waals surface area contributed by atoms with Crippen molar-refractivity contribution < 1.29 is 15.0 Å². The summed E-state index contributed by atoms with van der Waals surface area (Å²) >= 11 is 0. The number of aromatic hydroxyl groups is 2. The van der Waals surface area contributed by atoms with E-state index in [0.717, 1.165) is 12.0 Å². The topological polar surface area (TPSA) is 186 Å². The Bertz CT molecular complexity index is 870. The molecule has 0 saturated carbocycles. The molecule has 10 nitrogen and oxygen atoms in total. The molecule has 0 radical (unpaired) electrons. The van der Waals surface area contributed by atoms with Gasteiger partial charge in [0, 0.05) is 12.6 Å². The SMILES string of the molecule is CC.CC.Cc1nc(C(=O)NC(N)=NCCCCc2ccc(O)cc2O)c(N)nc1N. The van der Waals surface area contributed by atoms with E-state index < -0.39 is 5.91 Å². The first-order valence-corrected chi connectivity index (χ1v) is 10.3. The molecule has 172 valence electrons. The molecule has 31 heavy (non-hydrogen) atoms. The van der Waals surface area contributed by atoms with Gasteiger partial charge < -0.3 is 27.4 Å². The number of hydrogen-bond acceptors (Lipinski definition) is 8. The average molecular weight is 434 g/mol. The van der Waals surface area contributed by atoms with Crippen molar-refractivity contribution in [3.05, 3.63) is 35.2 Å². The van der Waals surface area contributed by atoms with Gasteiger partial charge in [-0.15, -0.1) is 0 Å². The lowest BCUT2D eigenvalue weighted by atomic mass is 10.1. The molecule has 0 aliphatic carbocycles. The molecule has 1 aromatic carbocycles. The summed E-state index contributed by atoms with van der Waals surface area (Å²) in [5.74, 6) is -0.516. The van der Waals surface area contributed by atoms with Crippen LogP contribution in [-0.4, -0.2) is 38.6 Å². The molecule has 0 aliphatic rings. The molecule has 0 atom stereocenters. The van der Waals surface area contributed by atoms with Gasteiger partial charge >= 0.3 is 0 Å². The highest BCUT2D eigenvalue weighted by molar-refractivity contribution is 6.06. The van der Waals surface area contributed by atoms with E-state index in [1.54, 1.807) is 13.0 Å². The zero-order valence-electron chi connectivity index (χ0n) is 18.9. The number of nitrogens with zero attached hydrogens (tertiary/aromatic N) is 3. The van der Waals surface area contributed by atoms with Crippen LogP contribution in [0.5, 0.6) is 11.5 Å². The van der Waals surface area contributed by atoms with E-state index in [2.05, 4.69) is 20.3 Å². The zero-order valence-corrected chi connectivity index (χ0v) is 18.9. The first-order chi connectivity index (χ1) is 14.8. The molecule has 2 aromatic rings. The summed E-state index contributed by atoms with van der Waals surface area (Å²) in [5.41, 5.74) is 18.0. The van der Waals surface area contributed by atoms with Crippen molar-refractivity contribution in [2.45, 2.75) is 53.9 Å². The van der Waals surface area contributed by atoms with Crippen LogP contribution in [0.15, 0.2) is 23.2 Å². The number of carbonyl (C=O) groups excluding carboxylic acids is 1. The molecule has 0 bridgehead atoms. The van der Waals surface area contributed by atoms with E-state index in [1.165, 1.54) is 12.1 Å². The number of carbonyl (C=O) groups is 1. The number of unbranched alkanes of at least 4 members (excludes halogenated alkanes) is 1. The molecule has 1 heterocycles. The third-order valence-electron chi connectivity index (χ3n) is 3.80. The van der Waals surface area contributed by atoms with Crippen LogP contribution in [0, 0.1) is 6.92 Å². The van der Waals surface area contributed by atoms with Gasteiger partial charge in [0.05, 0.1) is 5.69 Å². The Labute approximate surface area is 183 Å². The van der Waals surface area contributed by atoms with Crippen LogP contribution < -0.4 is 22.5 Å². The summed E-state index contributed by atoms with van der Waals surface area (Å²) < 4.78 is 0. The Kier molecular flexibility index (Phi) is 12.8. The summed E-state index contributed by atoms with van der Waals surface area (Å²) in [6.07, 6.45) is 2.07. The van der Waals surface area contributed by atoms with E-state index in [-0.39, 0.29) is 34.8 Å². The number of hydrogen-bond donors (Lipinski definition) is 6. The van der Waals surface area contributed by atoms with Gasteiger partial charge in [0.25, 0.3) is 5.91 Å². The Hall–Kier alpha value is -3.56. The summed E-state index contributed by atoms with van der Waals surface area (Å²) in [7, 11) is 0. The summed E-state index contributed by atoms with van der Waals surface area (Å²) in [6, 6.07) is 4.49. The second kappa shape index (κ2) is 14.4. The Balaban J connectivity index is 0.00000212. The summed E-state index contributed by atoms with van der Waals surface area (Å²) in [5, 5.41) is 21.4. The van der Waals surface area contributed by atoms with Crippen molar-refractivity contribution in [2.75, 3.05) is 18.0 Å². The van der Waals surface area contributed by atoms with Gasteiger partial charge in [-0.2, -0.15) is 0 Å². The standard InChI is InChI=1S/C17H23N7O3.2C2H6/c1-9-14(18)23-15(19)13(22-9)16(27)24-17(20)21-7-3-2-4-10-5-6-11(25)8-12(10)26;2*1-2/h5-6,8,25-26H,2-4,7H2,1H3,(H4,18,19,23)(H3,20,21,24,27);2*1-2H3. The molecular formula is C21H35N7O3. The highest BCUT2D eigenvalue weighted by Gasteiger charge is 2.15. The van der Waals surface area contributed by atoms with Crippen molar-refractivity contribution in [1.29, 1.82) is 0 Å². The minimum Gasteiger partial charge on any atom is -0.508 e. The van der Waals surface area contributed by atoms with Gasteiger partial charge in [-0.25, -0.2) is 9.97 Å². The molecular weight excluding hydrogens is 398 g/mol. The molecule has 1 amide bonds. The molecule has 0 unspecified atom stereocenters. The lowest BCUT2D eigenvalue weighted by Gasteiger charge is -2.08. The van der Waals surface area contributed by atoms with Crippen LogP contribution in [0.25, 0.3) is 0 Å². The zero-order chi connectivity index (χ0) is 24.0. The Morgan fingerprint density at radius 2 is 1.71 bits per heavy atom. The van der Waals surface area contributed by atoms with Crippen LogP contribution in [0.4, 0.5) is 11.6 Å². The van der Waals surface area contributed by atoms with E-state index >= 15 is 0 Å². The maximum Gasteiger partial charge on any atom is 0.280 e. The average Bonchev–Trinajstić information content (AvgIpc) is 2.74. The number of benzene rings is 1. The van der Waals surface area contributed by atoms with Gasteiger partial charge in [-0.05, 0) is 37.8 Å². The second-order valence-corrected chi connectivity index (χ2v) is 5.92. The largest absolute Gasteiger partial charge is 0.508 e. The van der Waals surface area contributed by atoms with E-state index in [0.29, 0.717) is 25.1 Å². The van der Waals surface area contributed by atoms with Crippen LogP contribution in [0.3, 0.4) is 0 Å². The number of nitrogen functional groups attached to an aromatic ring is 2. The van der Waals surface area contributed by atoms with Crippen LogP contribution in [-0.2, 0) is 6.42 Å². The van der Waals surface area contributed by atoms with Crippen molar-refractivity contribution in [3.8, 4) is 11.5 Å². The van der Waals surface area contributed by atoms with Crippen LogP contribution >= 0.6 is 0 Å². The summed E-state index contributed by atoms with van der Waals surface area (Å²) in [6.45, 7) is 10.0. The number of guanidine groups is 1. The Morgan fingerprint density at radius 1 is 1.06 bits per heavy atom. The minimum absolute atomic E-state index is 0.0194. The van der Waals surface area contributed by atoms with E-state index in [1.807, 2.05) is 27.7 Å². The number of phenolic OH excluding ortho intramolecular Hbond substituents is 2. The predicted octanol–water partition coefficient (Wildman–Crippen LogP) is 2.48. The maximum atomic E-state index is 12.1. The lowest BCUT2D eigenvalue weighted by molar-refractivity contribution is 0.0972. The van der Waals surface area contributed by atoms with Gasteiger partial charge in [0.2, 0.25) is 0 Å². The van der Waals surface area contributed by atoms with Crippen molar-refractivity contribution >= 4 is 23.5 Å². The molecule has 0 spiro atoms. The van der Waals surface area contributed by atoms with Crippen molar-refractivity contribution in [1.82, 2.24) is 15.3 Å². The first-order valence-electron chi connectivity index (χ1n) is 10.3. The number of amides is 1. The second-order valence-electron chi connectivity index (χ2n) is 5.92. The third kappa shape index (κ3) is 9.20. The molecule has 0 saturated heterocycles. The fourth-order valence-electron chi connectivity index (χ4n) is 2.32. The number of nitrogens with one attached hydrogen (secondary N) is 1. The predicted molar refractivity (Wildman–Crippen MR) is 125 cm³/mol. The van der Waals surface area contributed by atoms with Crippen molar-refractivity contribution in [2.24, 2.45) is 10.7 Å². The molecule has 10 heteroatoms. The van der Waals surface area contributed by atoms with Gasteiger partial charge in [-0.3, -0.25) is 15.1 Å². The third-order valence-corrected chi connectivity index (χ3v) is 3.80. The van der Waals surface area contributed by atoms with E-state index in [4.69, 9.17) is 17.2 Å².